The number of carbonyl (C=O) groups is 1. The highest BCUT2D eigenvalue weighted by molar-refractivity contribution is 6.07. The van der Waals surface area contributed by atoms with Crippen LogP contribution in [-0.2, 0) is 0 Å². The second kappa shape index (κ2) is 7.98. The molecule has 1 aliphatic rings. The zero-order valence-electron chi connectivity index (χ0n) is 16.0. The normalized spacial score (nSPS) is 18.9. The number of pyridine rings is 1. The fourth-order valence-electron chi connectivity index (χ4n) is 3.81. The van der Waals surface area contributed by atoms with Crippen molar-refractivity contribution < 1.29 is 9.53 Å². The van der Waals surface area contributed by atoms with Gasteiger partial charge in [0.2, 0.25) is 0 Å². The molecule has 4 rings (SSSR count). The molecule has 0 aliphatic heterocycles. The van der Waals surface area contributed by atoms with Gasteiger partial charge in [-0.3, -0.25) is 4.79 Å². The summed E-state index contributed by atoms with van der Waals surface area (Å²) in [5, 5.41) is 4.01. The van der Waals surface area contributed by atoms with Crippen molar-refractivity contribution in [2.45, 2.75) is 38.3 Å². The Balaban J connectivity index is 1.69. The van der Waals surface area contributed by atoms with E-state index in [9.17, 15) is 4.79 Å². The van der Waals surface area contributed by atoms with Crippen LogP contribution in [0.2, 0.25) is 0 Å². The van der Waals surface area contributed by atoms with Gasteiger partial charge in [0.05, 0.1) is 23.4 Å². The first-order valence-corrected chi connectivity index (χ1v) is 9.83. The number of rotatable bonds is 5. The Morgan fingerprint density at radius 2 is 1.96 bits per heavy atom. The highest BCUT2D eigenvalue weighted by atomic mass is 16.5. The molecule has 5 nitrogen and oxygen atoms in total. The molecule has 0 saturated heterocycles. The summed E-state index contributed by atoms with van der Waals surface area (Å²) in [6, 6.07) is 17.8. The molecule has 5 heteroatoms. The lowest BCUT2D eigenvalue weighted by Gasteiger charge is -2.15. The number of carbonyl (C=O) groups excluding carboxylic acids is 1. The van der Waals surface area contributed by atoms with E-state index in [4.69, 9.17) is 15.5 Å². The molecule has 1 aromatic heterocycles. The molecule has 1 saturated carbocycles. The number of hydrogen-bond donors (Lipinski definition) is 2. The summed E-state index contributed by atoms with van der Waals surface area (Å²) in [4.78, 5) is 17.8. The van der Waals surface area contributed by atoms with Crippen molar-refractivity contribution in [3.05, 3.63) is 60.2 Å². The first-order chi connectivity index (χ1) is 13.6. The molecule has 1 aliphatic carbocycles. The van der Waals surface area contributed by atoms with Gasteiger partial charge >= 0.3 is 0 Å². The molecule has 2 aromatic carbocycles. The van der Waals surface area contributed by atoms with Gasteiger partial charge in [-0.05, 0) is 62.6 Å². The lowest BCUT2D eigenvalue weighted by molar-refractivity contribution is 0.0939. The van der Waals surface area contributed by atoms with Gasteiger partial charge in [-0.1, -0.05) is 18.2 Å². The van der Waals surface area contributed by atoms with Crippen LogP contribution in [0, 0.1) is 0 Å². The lowest BCUT2D eigenvalue weighted by atomic mass is 10.0. The maximum absolute atomic E-state index is 13.0. The standard InChI is InChI=1S/C23H25N3O2/c1-2-28-18-11-7-15(8-12-18)22-14-20(19-5-3-4-6-21(19)26-22)23(27)25-17-10-9-16(24)13-17/h3-8,11-12,14,16-17H,2,9-10,13,24H2,1H3,(H,25,27)/t16-,17+/m0/s1. The predicted octanol–water partition coefficient (Wildman–Crippen LogP) is 3.91. The number of fused-ring (bicyclic) bond motifs is 1. The van der Waals surface area contributed by atoms with Crippen LogP contribution in [0.3, 0.4) is 0 Å². The highest BCUT2D eigenvalue weighted by Crippen LogP contribution is 2.27. The van der Waals surface area contributed by atoms with E-state index >= 15 is 0 Å². The molecule has 0 unspecified atom stereocenters. The Labute approximate surface area is 164 Å². The maximum atomic E-state index is 13.0. The number of benzene rings is 2. The minimum absolute atomic E-state index is 0.0649. The smallest absolute Gasteiger partial charge is 0.252 e. The number of nitrogens with one attached hydrogen (secondary N) is 1. The Bertz CT molecular complexity index is 985. The molecule has 3 N–H and O–H groups in total. The quantitative estimate of drug-likeness (QED) is 0.709. The zero-order chi connectivity index (χ0) is 19.5. The van der Waals surface area contributed by atoms with Gasteiger partial charge in [-0.15, -0.1) is 0 Å². The number of nitrogens with two attached hydrogens (primary N) is 1. The van der Waals surface area contributed by atoms with E-state index < -0.39 is 0 Å². The maximum Gasteiger partial charge on any atom is 0.252 e. The first-order valence-electron chi connectivity index (χ1n) is 9.83. The van der Waals surface area contributed by atoms with Crippen LogP contribution < -0.4 is 15.8 Å². The van der Waals surface area contributed by atoms with Gasteiger partial charge in [0, 0.05) is 23.0 Å². The Kier molecular flexibility index (Phi) is 5.26. The third-order valence-corrected chi connectivity index (χ3v) is 5.23. The van der Waals surface area contributed by atoms with E-state index in [-0.39, 0.29) is 18.0 Å². The van der Waals surface area contributed by atoms with E-state index in [0.29, 0.717) is 12.2 Å². The van der Waals surface area contributed by atoms with Crippen molar-refractivity contribution in [3.63, 3.8) is 0 Å². The molecule has 1 heterocycles. The molecule has 1 amide bonds. The van der Waals surface area contributed by atoms with E-state index in [0.717, 1.165) is 47.2 Å². The van der Waals surface area contributed by atoms with Crippen LogP contribution in [0.15, 0.2) is 54.6 Å². The third kappa shape index (κ3) is 3.85. The Morgan fingerprint density at radius 3 is 2.68 bits per heavy atom. The topological polar surface area (TPSA) is 77.2 Å². The second-order valence-corrected chi connectivity index (χ2v) is 7.27. The molecule has 0 bridgehead atoms. The number of nitrogens with zero attached hydrogens (tertiary/aromatic N) is 1. The number of para-hydroxylation sites is 1. The summed E-state index contributed by atoms with van der Waals surface area (Å²) >= 11 is 0. The van der Waals surface area contributed by atoms with Crippen LogP contribution in [-0.4, -0.2) is 29.6 Å². The van der Waals surface area contributed by atoms with Gasteiger partial charge in [0.1, 0.15) is 5.75 Å². The largest absolute Gasteiger partial charge is 0.494 e. The minimum Gasteiger partial charge on any atom is -0.494 e. The number of ether oxygens (including phenoxy) is 1. The van der Waals surface area contributed by atoms with Crippen LogP contribution in [0.1, 0.15) is 36.5 Å². The molecular weight excluding hydrogens is 350 g/mol. The molecule has 144 valence electrons. The molecule has 0 radical (unpaired) electrons. The van der Waals surface area contributed by atoms with Crippen LogP contribution in [0.4, 0.5) is 0 Å². The van der Waals surface area contributed by atoms with Crippen molar-refractivity contribution in [1.82, 2.24) is 10.3 Å². The van der Waals surface area contributed by atoms with Crippen LogP contribution in [0.25, 0.3) is 22.2 Å². The van der Waals surface area contributed by atoms with Crippen molar-refractivity contribution in [2.24, 2.45) is 5.73 Å². The highest BCUT2D eigenvalue weighted by Gasteiger charge is 2.24. The fourth-order valence-corrected chi connectivity index (χ4v) is 3.81. The summed E-state index contributed by atoms with van der Waals surface area (Å²) in [5.74, 6) is 0.757. The summed E-state index contributed by atoms with van der Waals surface area (Å²) in [7, 11) is 0. The van der Waals surface area contributed by atoms with Gasteiger partial charge in [-0.2, -0.15) is 0 Å². The number of amides is 1. The van der Waals surface area contributed by atoms with Crippen LogP contribution in [0.5, 0.6) is 5.75 Å². The molecule has 28 heavy (non-hydrogen) atoms. The molecule has 0 spiro atoms. The van der Waals surface area contributed by atoms with E-state index in [1.807, 2.05) is 61.5 Å². The van der Waals surface area contributed by atoms with E-state index in [2.05, 4.69) is 5.32 Å². The molecule has 1 fully saturated rings. The fraction of sp³-hybridized carbons (Fsp3) is 0.304. The van der Waals surface area contributed by atoms with Gasteiger partial charge in [0.25, 0.3) is 5.91 Å². The van der Waals surface area contributed by atoms with E-state index in [1.54, 1.807) is 0 Å². The Morgan fingerprint density at radius 1 is 1.18 bits per heavy atom. The summed E-state index contributed by atoms with van der Waals surface area (Å²) in [6.45, 7) is 2.59. The van der Waals surface area contributed by atoms with Gasteiger partial charge in [0.15, 0.2) is 0 Å². The monoisotopic (exact) mass is 375 g/mol. The summed E-state index contributed by atoms with van der Waals surface area (Å²) < 4.78 is 5.52. The van der Waals surface area contributed by atoms with E-state index in [1.165, 1.54) is 0 Å². The SMILES string of the molecule is CCOc1ccc(-c2cc(C(=O)N[C@@H]3CC[C@H](N)C3)c3ccccc3n2)cc1. The number of hydrogen-bond acceptors (Lipinski definition) is 4. The average Bonchev–Trinajstić information content (AvgIpc) is 3.12. The Hall–Kier alpha value is -2.92. The minimum atomic E-state index is -0.0649. The number of aromatic nitrogens is 1. The molecule has 2 atom stereocenters. The van der Waals surface area contributed by atoms with Gasteiger partial charge < -0.3 is 15.8 Å². The van der Waals surface area contributed by atoms with Crippen LogP contribution >= 0.6 is 0 Å². The first kappa shape index (κ1) is 18.4. The second-order valence-electron chi connectivity index (χ2n) is 7.27. The van der Waals surface area contributed by atoms with Crippen molar-refractivity contribution >= 4 is 16.8 Å². The van der Waals surface area contributed by atoms with Gasteiger partial charge in [-0.25, -0.2) is 4.98 Å². The third-order valence-electron chi connectivity index (χ3n) is 5.23. The molecular formula is C23H25N3O2. The lowest BCUT2D eigenvalue weighted by Crippen LogP contribution is -2.34. The van der Waals surface area contributed by atoms with Crippen molar-refractivity contribution in [3.8, 4) is 17.0 Å². The predicted molar refractivity (Wildman–Crippen MR) is 111 cm³/mol. The summed E-state index contributed by atoms with van der Waals surface area (Å²) in [6.07, 6.45) is 2.72. The average molecular weight is 375 g/mol. The molecule has 3 aromatic rings. The zero-order valence-corrected chi connectivity index (χ0v) is 16.0. The van der Waals surface area contributed by atoms with Crippen molar-refractivity contribution in [1.29, 1.82) is 0 Å². The van der Waals surface area contributed by atoms with Crippen molar-refractivity contribution in [2.75, 3.05) is 6.61 Å². The summed E-state index contributed by atoms with van der Waals surface area (Å²) in [5.41, 5.74) is 9.17.